The number of aliphatic hydroxyl groups is 1. The number of carbonyl (C=O) groups excluding carboxylic acids is 2. The molecule has 5 nitrogen and oxygen atoms in total. The number of esters is 2. The molecular formula is C49H80O5. The van der Waals surface area contributed by atoms with E-state index in [-0.39, 0.29) is 25.2 Å². The van der Waals surface area contributed by atoms with Crippen molar-refractivity contribution in [2.45, 2.75) is 187 Å². The third-order valence-corrected chi connectivity index (χ3v) is 8.89. The molecule has 0 aromatic carbocycles. The fourth-order valence-corrected chi connectivity index (χ4v) is 5.63. The first-order valence-corrected chi connectivity index (χ1v) is 21.8. The van der Waals surface area contributed by atoms with Crippen LogP contribution in [0.1, 0.15) is 181 Å². The van der Waals surface area contributed by atoms with E-state index < -0.39 is 6.10 Å². The molecule has 0 fully saturated rings. The van der Waals surface area contributed by atoms with E-state index in [9.17, 15) is 14.7 Å². The van der Waals surface area contributed by atoms with Gasteiger partial charge in [-0.05, 0) is 77.0 Å². The number of hydrogen-bond donors (Lipinski definition) is 1. The molecule has 1 unspecified atom stereocenters. The number of rotatable bonds is 38. The Morgan fingerprint density at radius 1 is 0.444 bits per heavy atom. The summed E-state index contributed by atoms with van der Waals surface area (Å²) in [6.07, 6.45) is 61.9. The summed E-state index contributed by atoms with van der Waals surface area (Å²) in [6.45, 7) is 3.97. The highest BCUT2D eigenvalue weighted by atomic mass is 16.6. The maximum Gasteiger partial charge on any atom is 0.306 e. The maximum absolute atomic E-state index is 12.2. The molecule has 0 bridgehead atoms. The number of hydrogen-bond acceptors (Lipinski definition) is 5. The van der Waals surface area contributed by atoms with Gasteiger partial charge in [0.2, 0.25) is 0 Å². The van der Waals surface area contributed by atoms with Crippen molar-refractivity contribution in [3.63, 3.8) is 0 Å². The lowest BCUT2D eigenvalue weighted by Crippen LogP contribution is -2.28. The zero-order chi connectivity index (χ0) is 39.3. The third kappa shape index (κ3) is 41.6. The molecule has 0 aromatic heterocycles. The van der Waals surface area contributed by atoms with Crippen LogP contribution in [-0.4, -0.2) is 36.4 Å². The molecule has 5 heteroatoms. The van der Waals surface area contributed by atoms with Crippen molar-refractivity contribution in [3.8, 4) is 0 Å². The standard InChI is InChI=1S/C49H80O5/c1-3-5-7-9-11-13-15-17-18-19-20-21-22-23-24-25-26-27-28-29-30-32-34-36-38-40-42-44-49(52)54-47(45-50)46-53-48(51)43-41-39-37-35-33-31-16-14-12-10-8-6-4-2/h5,7,11,13,17-18,20-21,23-24,26-27,29-30,34,36,47,50H,3-4,6,8-10,12,14-16,19,22,25,28,31-33,35,37-46H2,1-2H3/b7-5-,13-11-,18-17-,21-20-,24-23-,27-26-,30-29-,36-34-. The molecule has 0 aliphatic rings. The highest BCUT2D eigenvalue weighted by Gasteiger charge is 2.16. The smallest absolute Gasteiger partial charge is 0.306 e. The zero-order valence-electron chi connectivity index (χ0n) is 34.7. The topological polar surface area (TPSA) is 72.8 Å². The number of aliphatic hydroxyl groups excluding tert-OH is 1. The molecule has 1 atom stereocenters. The summed E-state index contributed by atoms with van der Waals surface area (Å²) in [6, 6.07) is 0. The molecule has 54 heavy (non-hydrogen) atoms. The molecule has 0 heterocycles. The molecule has 306 valence electrons. The Hall–Kier alpha value is -3.18. The quantitative estimate of drug-likeness (QED) is 0.0387. The lowest BCUT2D eigenvalue weighted by molar-refractivity contribution is -0.161. The van der Waals surface area contributed by atoms with Gasteiger partial charge in [-0.15, -0.1) is 0 Å². The molecular weight excluding hydrogens is 669 g/mol. The molecule has 0 rings (SSSR count). The number of carbonyl (C=O) groups is 2. The second-order valence-electron chi connectivity index (χ2n) is 14.0. The van der Waals surface area contributed by atoms with Gasteiger partial charge < -0.3 is 14.6 Å². The van der Waals surface area contributed by atoms with E-state index in [1.807, 2.05) is 0 Å². The van der Waals surface area contributed by atoms with Gasteiger partial charge in [0.05, 0.1) is 6.61 Å². The molecule has 0 amide bonds. The Kier molecular flexibility index (Phi) is 41.6. The van der Waals surface area contributed by atoms with E-state index >= 15 is 0 Å². The van der Waals surface area contributed by atoms with Crippen molar-refractivity contribution in [3.05, 3.63) is 97.2 Å². The van der Waals surface area contributed by atoms with E-state index in [1.165, 1.54) is 64.2 Å². The van der Waals surface area contributed by atoms with Crippen molar-refractivity contribution < 1.29 is 24.2 Å². The molecule has 0 aliphatic carbocycles. The molecule has 1 N–H and O–H groups in total. The third-order valence-electron chi connectivity index (χ3n) is 8.89. The number of unbranched alkanes of at least 4 members (excludes halogenated alkanes) is 14. The minimum atomic E-state index is -0.798. The summed E-state index contributed by atoms with van der Waals surface area (Å²) in [7, 11) is 0. The first kappa shape index (κ1) is 50.8. The number of ether oxygens (including phenoxy) is 2. The van der Waals surface area contributed by atoms with Crippen molar-refractivity contribution in [2.75, 3.05) is 13.2 Å². The normalized spacial score (nSPS) is 13.2. The van der Waals surface area contributed by atoms with Gasteiger partial charge in [0.25, 0.3) is 0 Å². The van der Waals surface area contributed by atoms with Gasteiger partial charge >= 0.3 is 11.9 Å². The highest BCUT2D eigenvalue weighted by molar-refractivity contribution is 5.70. The summed E-state index contributed by atoms with van der Waals surface area (Å²) in [4.78, 5) is 24.3. The second-order valence-corrected chi connectivity index (χ2v) is 14.0. The van der Waals surface area contributed by atoms with Crippen LogP contribution >= 0.6 is 0 Å². The van der Waals surface area contributed by atoms with Gasteiger partial charge in [-0.3, -0.25) is 9.59 Å². The molecule has 0 saturated heterocycles. The van der Waals surface area contributed by atoms with Crippen LogP contribution < -0.4 is 0 Å². The van der Waals surface area contributed by atoms with Crippen molar-refractivity contribution in [1.29, 1.82) is 0 Å². The number of allylic oxidation sites excluding steroid dienone is 16. The second kappa shape index (κ2) is 44.2. The van der Waals surface area contributed by atoms with E-state index in [0.717, 1.165) is 89.9 Å². The fraction of sp³-hybridized carbons (Fsp3) is 0.633. The molecule has 0 spiro atoms. The Bertz CT molecular complexity index is 1070. The van der Waals surface area contributed by atoms with Crippen LogP contribution in [0.4, 0.5) is 0 Å². The van der Waals surface area contributed by atoms with Crippen LogP contribution in [0.2, 0.25) is 0 Å². The lowest BCUT2D eigenvalue weighted by Gasteiger charge is -2.15. The van der Waals surface area contributed by atoms with Crippen LogP contribution in [0.3, 0.4) is 0 Å². The van der Waals surface area contributed by atoms with Crippen LogP contribution in [0.25, 0.3) is 0 Å². The first-order chi connectivity index (χ1) is 26.6. The SMILES string of the molecule is CC/C=C\C/C=C\C/C=C\C/C=C\C/C=C\C/C=C\C/C=C\C/C=C\CCCCC(=O)OC(CO)COC(=O)CCCCCCCCCCCCCCC. The Labute approximate surface area is 332 Å². The minimum absolute atomic E-state index is 0.0874. The van der Waals surface area contributed by atoms with E-state index in [1.54, 1.807) is 0 Å². The lowest BCUT2D eigenvalue weighted by atomic mass is 10.0. The van der Waals surface area contributed by atoms with Gasteiger partial charge in [0.15, 0.2) is 6.10 Å². The van der Waals surface area contributed by atoms with Crippen LogP contribution in [0.5, 0.6) is 0 Å². The average Bonchev–Trinajstić information content (AvgIpc) is 3.17. The Balaban J connectivity index is 3.70. The molecule has 0 saturated carbocycles. The minimum Gasteiger partial charge on any atom is -0.462 e. The summed E-state index contributed by atoms with van der Waals surface area (Å²) in [5.74, 6) is -0.647. The first-order valence-electron chi connectivity index (χ1n) is 21.8. The van der Waals surface area contributed by atoms with E-state index in [4.69, 9.17) is 9.47 Å². The van der Waals surface area contributed by atoms with Crippen LogP contribution in [0.15, 0.2) is 97.2 Å². The summed E-state index contributed by atoms with van der Waals surface area (Å²) < 4.78 is 10.6. The molecule has 0 aromatic rings. The predicted molar refractivity (Wildman–Crippen MR) is 232 cm³/mol. The van der Waals surface area contributed by atoms with Crippen molar-refractivity contribution in [2.24, 2.45) is 0 Å². The highest BCUT2D eigenvalue weighted by Crippen LogP contribution is 2.13. The van der Waals surface area contributed by atoms with Crippen LogP contribution in [0, 0.1) is 0 Å². The van der Waals surface area contributed by atoms with Gasteiger partial charge in [-0.2, -0.15) is 0 Å². The largest absolute Gasteiger partial charge is 0.462 e. The van der Waals surface area contributed by atoms with E-state index in [0.29, 0.717) is 12.8 Å². The van der Waals surface area contributed by atoms with E-state index in [2.05, 4.69) is 111 Å². The van der Waals surface area contributed by atoms with Gasteiger partial charge in [-0.1, -0.05) is 188 Å². The maximum atomic E-state index is 12.2. The molecule has 0 radical (unpaired) electrons. The predicted octanol–water partition coefficient (Wildman–Crippen LogP) is 14.1. The zero-order valence-corrected chi connectivity index (χ0v) is 34.7. The molecule has 0 aliphatic heterocycles. The summed E-state index contributed by atoms with van der Waals surface area (Å²) in [5.41, 5.74) is 0. The van der Waals surface area contributed by atoms with Crippen molar-refractivity contribution in [1.82, 2.24) is 0 Å². The summed E-state index contributed by atoms with van der Waals surface area (Å²) >= 11 is 0. The van der Waals surface area contributed by atoms with Gasteiger partial charge in [0, 0.05) is 12.8 Å². The monoisotopic (exact) mass is 749 g/mol. The van der Waals surface area contributed by atoms with Crippen molar-refractivity contribution >= 4 is 11.9 Å². The van der Waals surface area contributed by atoms with Gasteiger partial charge in [0.1, 0.15) is 6.61 Å². The summed E-state index contributed by atoms with van der Waals surface area (Å²) in [5, 5.41) is 9.57. The Morgan fingerprint density at radius 3 is 1.20 bits per heavy atom. The Morgan fingerprint density at radius 2 is 0.796 bits per heavy atom. The van der Waals surface area contributed by atoms with Gasteiger partial charge in [-0.25, -0.2) is 0 Å². The average molecular weight is 749 g/mol. The van der Waals surface area contributed by atoms with Crippen LogP contribution in [-0.2, 0) is 19.1 Å². The fourth-order valence-electron chi connectivity index (χ4n) is 5.63.